The average Bonchev–Trinajstić information content (AvgIpc) is 2.34. The molecule has 0 saturated carbocycles. The van der Waals surface area contributed by atoms with E-state index < -0.39 is 20.2 Å². The zero-order chi connectivity index (χ0) is 19.0. The Bertz CT molecular complexity index is 699. The number of carbonyl (C=O) groups is 1. The van der Waals surface area contributed by atoms with Gasteiger partial charge in [-0.3, -0.25) is 4.79 Å². The Balaban J connectivity index is 3.09. The highest BCUT2D eigenvalue weighted by Crippen LogP contribution is 2.45. The topological polar surface area (TPSA) is 89.3 Å². The highest BCUT2D eigenvalue weighted by atomic mass is 32.2. The van der Waals surface area contributed by atoms with Crippen molar-refractivity contribution in [3.05, 3.63) is 24.3 Å². The third-order valence-corrected chi connectivity index (χ3v) is 5.60. The van der Waals surface area contributed by atoms with E-state index in [0.29, 0.717) is 12.1 Å². The molecule has 1 aromatic carbocycles. The molecule has 136 valence electrons. The molecule has 0 aliphatic heterocycles. The first-order chi connectivity index (χ1) is 10.6. The van der Waals surface area contributed by atoms with Crippen LogP contribution in [-0.2, 0) is 14.8 Å². The second kappa shape index (κ2) is 6.69. The third-order valence-electron chi connectivity index (χ3n) is 4.18. The molecule has 0 saturated heterocycles. The Morgan fingerprint density at radius 2 is 1.54 bits per heavy atom. The normalized spacial score (nSPS) is 15.7. The van der Waals surface area contributed by atoms with Crippen LogP contribution in [-0.4, -0.2) is 19.1 Å². The van der Waals surface area contributed by atoms with Crippen LogP contribution in [0.25, 0.3) is 0 Å². The molecule has 1 unspecified atom stereocenters. The van der Waals surface area contributed by atoms with E-state index >= 15 is 0 Å². The van der Waals surface area contributed by atoms with Gasteiger partial charge in [-0.25, -0.2) is 13.6 Å². The smallest absolute Gasteiger partial charge is 0.238 e. The van der Waals surface area contributed by atoms with E-state index in [4.69, 9.17) is 5.14 Å². The maximum Gasteiger partial charge on any atom is 0.238 e. The lowest BCUT2D eigenvalue weighted by Crippen LogP contribution is -2.48. The van der Waals surface area contributed by atoms with E-state index in [1.165, 1.54) is 24.3 Å². The van der Waals surface area contributed by atoms with Crippen LogP contribution in [0.15, 0.2) is 29.2 Å². The van der Waals surface area contributed by atoms with Crippen LogP contribution < -0.4 is 10.5 Å². The lowest BCUT2D eigenvalue weighted by molar-refractivity contribution is -0.127. The summed E-state index contributed by atoms with van der Waals surface area (Å²) in [6.45, 7) is 12.0. The van der Waals surface area contributed by atoms with Crippen molar-refractivity contribution in [3.8, 4) is 0 Å². The zero-order valence-corrected chi connectivity index (χ0v) is 16.9. The van der Waals surface area contributed by atoms with E-state index in [1.807, 2.05) is 20.8 Å². The van der Waals surface area contributed by atoms with Crippen molar-refractivity contribution in [2.75, 3.05) is 5.32 Å². The first-order valence-electron chi connectivity index (χ1n) is 7.73. The van der Waals surface area contributed by atoms with Gasteiger partial charge in [0.15, 0.2) is 0 Å². The minimum absolute atomic E-state index is 0.00692. The lowest BCUT2D eigenvalue weighted by Gasteiger charge is -2.43. The van der Waals surface area contributed by atoms with Crippen LogP contribution >= 0.6 is 12.6 Å². The Morgan fingerprint density at radius 3 is 1.88 bits per heavy atom. The van der Waals surface area contributed by atoms with Gasteiger partial charge in [-0.05, 0) is 56.9 Å². The van der Waals surface area contributed by atoms with E-state index in [0.717, 1.165) is 0 Å². The van der Waals surface area contributed by atoms with Gasteiger partial charge < -0.3 is 5.32 Å². The van der Waals surface area contributed by atoms with Crippen molar-refractivity contribution >= 4 is 34.2 Å². The summed E-state index contributed by atoms with van der Waals surface area (Å²) in [5, 5.41) is 7.95. The van der Waals surface area contributed by atoms with E-state index in [1.54, 1.807) is 0 Å². The van der Waals surface area contributed by atoms with Crippen molar-refractivity contribution in [3.63, 3.8) is 0 Å². The summed E-state index contributed by atoms with van der Waals surface area (Å²) in [6.07, 6.45) is 0.650. The molecule has 3 N–H and O–H groups in total. The summed E-state index contributed by atoms with van der Waals surface area (Å²) in [4.78, 5) is 12.9. The van der Waals surface area contributed by atoms with Crippen LogP contribution in [0.5, 0.6) is 0 Å². The first-order valence-corrected chi connectivity index (χ1v) is 9.72. The predicted octanol–water partition coefficient (Wildman–Crippen LogP) is 3.42. The van der Waals surface area contributed by atoms with Gasteiger partial charge in [0.2, 0.25) is 15.9 Å². The monoisotopic (exact) mass is 372 g/mol. The van der Waals surface area contributed by atoms with Gasteiger partial charge >= 0.3 is 0 Å². The Hall–Kier alpha value is -1.05. The molecule has 0 aliphatic rings. The fraction of sp³-hybridized carbons (Fsp3) is 0.588. The molecule has 0 fully saturated rings. The highest BCUT2D eigenvalue weighted by molar-refractivity contribution is 7.89. The third kappa shape index (κ3) is 5.22. The van der Waals surface area contributed by atoms with E-state index in [9.17, 15) is 13.2 Å². The van der Waals surface area contributed by atoms with Crippen molar-refractivity contribution < 1.29 is 13.2 Å². The number of primary sulfonamides is 1. The number of carbonyl (C=O) groups excluding carboxylic acids is 1. The molecule has 7 heteroatoms. The van der Waals surface area contributed by atoms with Crippen molar-refractivity contribution in [2.45, 2.75) is 57.6 Å². The molecule has 0 spiro atoms. The van der Waals surface area contributed by atoms with Crippen LogP contribution in [0, 0.1) is 10.8 Å². The molecule has 0 bridgehead atoms. The molecule has 1 amide bonds. The van der Waals surface area contributed by atoms with Crippen molar-refractivity contribution in [2.24, 2.45) is 16.0 Å². The van der Waals surface area contributed by atoms with Gasteiger partial charge in [-0.15, -0.1) is 0 Å². The van der Waals surface area contributed by atoms with Crippen molar-refractivity contribution in [1.82, 2.24) is 0 Å². The van der Waals surface area contributed by atoms with Gasteiger partial charge in [-0.1, -0.05) is 20.8 Å². The Labute approximate surface area is 150 Å². The summed E-state index contributed by atoms with van der Waals surface area (Å²) >= 11 is 4.65. The summed E-state index contributed by atoms with van der Waals surface area (Å²) in [5.74, 6) is -0.152. The zero-order valence-electron chi connectivity index (χ0n) is 15.2. The number of thiol groups is 1. The largest absolute Gasteiger partial charge is 0.326 e. The molecule has 5 nitrogen and oxygen atoms in total. The number of sulfonamides is 1. The number of hydrogen-bond acceptors (Lipinski definition) is 4. The number of hydrogen-bond donors (Lipinski definition) is 3. The van der Waals surface area contributed by atoms with Crippen LogP contribution in [0.4, 0.5) is 5.69 Å². The molecule has 1 aromatic rings. The summed E-state index contributed by atoms with van der Waals surface area (Å²) in [7, 11) is -3.75. The van der Waals surface area contributed by atoms with E-state index in [2.05, 4.69) is 38.7 Å². The number of rotatable bonds is 5. The molecule has 24 heavy (non-hydrogen) atoms. The van der Waals surface area contributed by atoms with Gasteiger partial charge in [0.05, 0.1) is 10.3 Å². The molecule has 0 aliphatic carbocycles. The summed E-state index contributed by atoms with van der Waals surface area (Å²) in [5.41, 5.74) is -0.249. The molecular weight excluding hydrogens is 344 g/mol. The molecule has 1 rings (SSSR count). The summed E-state index contributed by atoms with van der Waals surface area (Å²) in [6, 6.07) is 5.80. The van der Waals surface area contributed by atoms with Gasteiger partial charge in [0, 0.05) is 10.4 Å². The Morgan fingerprint density at radius 1 is 1.08 bits per heavy atom. The standard InChI is InChI=1S/C17H28N2O3S2/c1-15(2,3)11-17(6,16(4,5)23)14(20)19-12-7-9-13(10-8-12)24(18,21)22/h7-10,23H,11H2,1-6H3,(H,19,20)(H2,18,21,22). The minimum Gasteiger partial charge on any atom is -0.326 e. The minimum atomic E-state index is -3.75. The maximum absolute atomic E-state index is 12.9. The average molecular weight is 373 g/mol. The van der Waals surface area contributed by atoms with Gasteiger partial charge in [0.1, 0.15) is 0 Å². The molecule has 0 heterocycles. The van der Waals surface area contributed by atoms with Crippen LogP contribution in [0.2, 0.25) is 0 Å². The maximum atomic E-state index is 12.9. The number of anilines is 1. The predicted molar refractivity (Wildman–Crippen MR) is 102 cm³/mol. The second-order valence-corrected chi connectivity index (χ2v) is 10.8. The molecule has 1 atom stereocenters. The lowest BCUT2D eigenvalue weighted by atomic mass is 9.67. The fourth-order valence-corrected chi connectivity index (χ4v) is 3.33. The summed E-state index contributed by atoms with van der Waals surface area (Å²) < 4.78 is 22.1. The van der Waals surface area contributed by atoms with Crippen LogP contribution in [0.1, 0.15) is 48.0 Å². The second-order valence-electron chi connectivity index (χ2n) is 8.15. The highest BCUT2D eigenvalue weighted by Gasteiger charge is 2.47. The molecular formula is C17H28N2O3S2. The molecule has 0 aromatic heterocycles. The van der Waals surface area contributed by atoms with Crippen molar-refractivity contribution in [1.29, 1.82) is 0 Å². The van der Waals surface area contributed by atoms with Gasteiger partial charge in [-0.2, -0.15) is 12.6 Å². The number of benzene rings is 1. The van der Waals surface area contributed by atoms with Crippen LogP contribution in [0.3, 0.4) is 0 Å². The van der Waals surface area contributed by atoms with Gasteiger partial charge in [0.25, 0.3) is 0 Å². The molecule has 0 radical (unpaired) electrons. The number of nitrogens with one attached hydrogen (secondary N) is 1. The van der Waals surface area contributed by atoms with E-state index in [-0.39, 0.29) is 16.2 Å². The fourth-order valence-electron chi connectivity index (χ4n) is 2.63. The quantitative estimate of drug-likeness (QED) is 0.692. The number of nitrogens with two attached hydrogens (primary N) is 1. The number of amides is 1. The first kappa shape index (κ1) is 21.0. The Kier molecular flexibility index (Phi) is 5.85. The SMILES string of the molecule is CC(C)(C)CC(C)(C(=O)Nc1ccc(S(N)(=O)=O)cc1)C(C)(C)S.